The zero-order valence-corrected chi connectivity index (χ0v) is 19.5. The van der Waals surface area contributed by atoms with E-state index in [1.54, 1.807) is 0 Å². The van der Waals surface area contributed by atoms with Crippen molar-refractivity contribution in [2.75, 3.05) is 26.3 Å². The second-order valence-electron chi connectivity index (χ2n) is 9.30. The lowest BCUT2D eigenvalue weighted by Crippen LogP contribution is -2.54. The van der Waals surface area contributed by atoms with Crippen LogP contribution in [0.1, 0.15) is 65.5 Å². The number of carbonyl (C=O) groups is 1. The molecule has 0 saturated carbocycles. The van der Waals surface area contributed by atoms with Crippen molar-refractivity contribution in [3.8, 4) is 0 Å². The van der Waals surface area contributed by atoms with Crippen LogP contribution in [0.2, 0.25) is 0 Å². The highest BCUT2D eigenvalue weighted by Crippen LogP contribution is 2.46. The molecule has 3 aliphatic rings. The highest BCUT2D eigenvalue weighted by atomic mass is 16.5. The van der Waals surface area contributed by atoms with Crippen molar-refractivity contribution in [2.24, 2.45) is 0 Å². The minimum Gasteiger partial charge on any atom is -0.379 e. The second kappa shape index (κ2) is 9.03. The van der Waals surface area contributed by atoms with Crippen LogP contribution >= 0.6 is 0 Å². The van der Waals surface area contributed by atoms with Gasteiger partial charge in [0.2, 0.25) is 0 Å². The molecule has 0 bridgehead atoms. The normalized spacial score (nSPS) is 20.9. The summed E-state index contributed by atoms with van der Waals surface area (Å²) in [4.78, 5) is 15.7. The van der Waals surface area contributed by atoms with Gasteiger partial charge in [-0.25, -0.2) is 0 Å². The predicted molar refractivity (Wildman–Crippen MR) is 126 cm³/mol. The molecule has 1 aliphatic heterocycles. The number of carbonyl (C=O) groups excluding carboxylic acids is 1. The molecule has 1 aromatic rings. The maximum absolute atomic E-state index is 13.4. The van der Waals surface area contributed by atoms with Gasteiger partial charge in [0.15, 0.2) is 5.78 Å². The molecule has 0 radical (unpaired) electrons. The van der Waals surface area contributed by atoms with Crippen molar-refractivity contribution in [1.29, 1.82) is 0 Å². The Morgan fingerprint density at radius 1 is 1.07 bits per heavy atom. The molecular formula is C27H37NO2. The summed E-state index contributed by atoms with van der Waals surface area (Å²) in [5.74, 6) is 0.231. The molecule has 1 heterocycles. The Morgan fingerprint density at radius 3 is 2.43 bits per heavy atom. The summed E-state index contributed by atoms with van der Waals surface area (Å²) < 4.78 is 5.47. The number of nitrogens with zero attached hydrogens (tertiary/aromatic N) is 1. The molecule has 1 aromatic carbocycles. The highest BCUT2D eigenvalue weighted by Gasteiger charge is 2.38. The molecule has 3 heteroatoms. The maximum atomic E-state index is 13.4. The Balaban J connectivity index is 0.00000124. The molecule has 0 atom stereocenters. The van der Waals surface area contributed by atoms with Crippen molar-refractivity contribution < 1.29 is 9.53 Å². The summed E-state index contributed by atoms with van der Waals surface area (Å²) in [6.45, 7) is 15.8. The zero-order chi connectivity index (χ0) is 21.9. The van der Waals surface area contributed by atoms with Gasteiger partial charge in [-0.3, -0.25) is 9.69 Å². The second-order valence-corrected chi connectivity index (χ2v) is 9.30. The molecular weight excluding hydrogens is 370 g/mol. The van der Waals surface area contributed by atoms with Gasteiger partial charge in [0, 0.05) is 18.7 Å². The number of hydrogen-bond acceptors (Lipinski definition) is 3. The highest BCUT2D eigenvalue weighted by molar-refractivity contribution is 6.03. The summed E-state index contributed by atoms with van der Waals surface area (Å²) in [7, 11) is 0. The van der Waals surface area contributed by atoms with Crippen molar-refractivity contribution in [3.63, 3.8) is 0 Å². The van der Waals surface area contributed by atoms with Crippen LogP contribution in [0.4, 0.5) is 0 Å². The van der Waals surface area contributed by atoms with E-state index in [9.17, 15) is 4.79 Å². The van der Waals surface area contributed by atoms with Crippen LogP contribution in [0.15, 0.2) is 53.6 Å². The van der Waals surface area contributed by atoms with Crippen molar-refractivity contribution in [1.82, 2.24) is 4.90 Å². The van der Waals surface area contributed by atoms with Crippen molar-refractivity contribution in [3.05, 3.63) is 64.8 Å². The third-order valence-corrected chi connectivity index (χ3v) is 6.59. The molecule has 0 aromatic heterocycles. The monoisotopic (exact) mass is 407 g/mol. The molecule has 1 saturated heterocycles. The Bertz CT molecular complexity index is 880. The van der Waals surface area contributed by atoms with Crippen LogP contribution in [0, 0.1) is 0 Å². The average molecular weight is 408 g/mol. The molecule has 162 valence electrons. The first-order chi connectivity index (χ1) is 14.3. The van der Waals surface area contributed by atoms with E-state index in [0.717, 1.165) is 25.1 Å². The van der Waals surface area contributed by atoms with Crippen LogP contribution < -0.4 is 0 Å². The fraction of sp³-hybridized carbons (Fsp3) is 0.519. The fourth-order valence-electron chi connectivity index (χ4n) is 4.84. The minimum absolute atomic E-state index is 0.112. The third kappa shape index (κ3) is 4.24. The Hall–Kier alpha value is -1.97. The average Bonchev–Trinajstić information content (AvgIpc) is 2.97. The van der Waals surface area contributed by atoms with Crippen LogP contribution in [-0.2, 0) is 14.9 Å². The number of ether oxygens (including phenoxy) is 1. The fourth-order valence-corrected chi connectivity index (χ4v) is 4.84. The molecule has 1 fully saturated rings. The number of rotatable bonds is 3. The van der Waals surface area contributed by atoms with E-state index in [4.69, 9.17) is 4.74 Å². The van der Waals surface area contributed by atoms with Crippen molar-refractivity contribution >= 4 is 11.4 Å². The van der Waals surface area contributed by atoms with Crippen molar-refractivity contribution in [2.45, 2.75) is 65.3 Å². The SMILES string of the molecule is CC.CC1(C)CC2=CCC(C(=O)C(C)(C)N3CCOCC3)=CC=C2c2ccccc21. The summed E-state index contributed by atoms with van der Waals surface area (Å²) in [6, 6.07) is 8.70. The van der Waals surface area contributed by atoms with E-state index in [-0.39, 0.29) is 11.2 Å². The number of allylic oxidation sites excluding steroid dienone is 5. The quantitative estimate of drug-likeness (QED) is 0.642. The van der Waals surface area contributed by atoms with E-state index in [0.29, 0.717) is 19.6 Å². The summed E-state index contributed by atoms with van der Waals surface area (Å²) in [5, 5.41) is 0. The molecule has 2 aliphatic carbocycles. The lowest BCUT2D eigenvalue weighted by Gasteiger charge is -2.40. The molecule has 0 amide bonds. The standard InChI is InChI=1S/C25H31NO2.C2H6/c1-24(2)17-19-10-9-18(11-12-20(19)21-7-5-6-8-22(21)24)23(27)25(3,4)26-13-15-28-16-14-26;1-2/h5-8,10-12H,9,13-17H2,1-4H3;1-2H3. The minimum atomic E-state index is -0.501. The van der Waals surface area contributed by atoms with E-state index in [1.807, 2.05) is 13.8 Å². The van der Waals surface area contributed by atoms with E-state index in [1.165, 1.54) is 22.3 Å². The smallest absolute Gasteiger partial charge is 0.178 e. The van der Waals surface area contributed by atoms with Gasteiger partial charge in [-0.05, 0) is 54.4 Å². The molecule has 0 N–H and O–H groups in total. The first-order valence-electron chi connectivity index (χ1n) is 11.4. The predicted octanol–water partition coefficient (Wildman–Crippen LogP) is 5.71. The van der Waals surface area contributed by atoms with Gasteiger partial charge in [0.1, 0.15) is 0 Å². The van der Waals surface area contributed by atoms with Gasteiger partial charge in [-0.15, -0.1) is 0 Å². The number of ketones is 1. The summed E-state index contributed by atoms with van der Waals surface area (Å²) in [6.07, 6.45) is 8.25. The van der Waals surface area contributed by atoms with E-state index >= 15 is 0 Å². The topological polar surface area (TPSA) is 29.5 Å². The van der Waals surface area contributed by atoms with Gasteiger partial charge in [-0.2, -0.15) is 0 Å². The molecule has 4 rings (SSSR count). The van der Waals surface area contributed by atoms with Gasteiger partial charge in [0.05, 0.1) is 18.8 Å². The van der Waals surface area contributed by atoms with E-state index in [2.05, 4.69) is 75.1 Å². The Kier molecular flexibility index (Phi) is 6.84. The van der Waals surface area contributed by atoms with E-state index < -0.39 is 5.54 Å². The first-order valence-corrected chi connectivity index (χ1v) is 11.4. The third-order valence-electron chi connectivity index (χ3n) is 6.59. The largest absolute Gasteiger partial charge is 0.379 e. The van der Waals surface area contributed by atoms with Gasteiger partial charge >= 0.3 is 0 Å². The number of benzene rings is 1. The van der Waals surface area contributed by atoms with Crippen LogP contribution in [-0.4, -0.2) is 42.5 Å². The summed E-state index contributed by atoms with van der Waals surface area (Å²) in [5.41, 5.74) is 5.87. The molecule has 30 heavy (non-hydrogen) atoms. The first kappa shape index (κ1) is 22.7. The molecule has 3 nitrogen and oxygen atoms in total. The van der Waals surface area contributed by atoms with Gasteiger partial charge in [-0.1, -0.05) is 70.2 Å². The van der Waals surface area contributed by atoms with Gasteiger partial charge in [0.25, 0.3) is 0 Å². The molecule has 0 spiro atoms. The number of fused-ring (bicyclic) bond motifs is 3. The lowest BCUT2D eigenvalue weighted by molar-refractivity contribution is -0.128. The Labute approximate surface area is 182 Å². The number of morpholine rings is 1. The van der Waals surface area contributed by atoms with Crippen LogP contribution in [0.5, 0.6) is 0 Å². The summed E-state index contributed by atoms with van der Waals surface area (Å²) >= 11 is 0. The number of Topliss-reactive ketones (excluding diaryl/α,β-unsaturated/α-hetero) is 1. The van der Waals surface area contributed by atoms with Crippen LogP contribution in [0.25, 0.3) is 5.57 Å². The van der Waals surface area contributed by atoms with Crippen LogP contribution in [0.3, 0.4) is 0 Å². The molecule has 0 unspecified atom stereocenters. The maximum Gasteiger partial charge on any atom is 0.178 e. The zero-order valence-electron chi connectivity index (χ0n) is 19.5. The lowest BCUT2D eigenvalue weighted by atomic mass is 9.68. The number of hydrogen-bond donors (Lipinski definition) is 0. The van der Waals surface area contributed by atoms with Gasteiger partial charge < -0.3 is 4.74 Å². The Morgan fingerprint density at radius 2 is 1.73 bits per heavy atom.